The molecule has 1 aromatic heterocycles. The van der Waals surface area contributed by atoms with E-state index in [1.165, 1.54) is 0 Å². The Kier molecular flexibility index (Phi) is 2.71. The summed E-state index contributed by atoms with van der Waals surface area (Å²) in [7, 11) is 0. The van der Waals surface area contributed by atoms with E-state index >= 15 is 0 Å². The molecule has 1 saturated heterocycles. The lowest BCUT2D eigenvalue weighted by Gasteiger charge is -2.07. The number of nitrogens with zero attached hydrogens (tertiary/aromatic N) is 1. The van der Waals surface area contributed by atoms with Crippen LogP contribution in [-0.2, 0) is 4.74 Å². The highest BCUT2D eigenvalue weighted by atomic mass is 32.2. The second kappa shape index (κ2) is 3.98. The normalized spacial score (nSPS) is 22.0. The first-order valence-corrected chi connectivity index (χ1v) is 5.19. The number of rotatable bonds is 2. The Bertz CT molecular complexity index is 287. The Balaban J connectivity index is 2.04. The maximum Gasteiger partial charge on any atom is 0.119 e. The van der Waals surface area contributed by atoms with Gasteiger partial charge in [0.2, 0.25) is 0 Å². The average Bonchev–Trinajstić information content (AvgIpc) is 2.61. The monoisotopic (exact) mass is 196 g/mol. The highest BCUT2D eigenvalue weighted by molar-refractivity contribution is 8.00. The second-order valence-corrected chi connectivity index (χ2v) is 4.29. The number of pyridine rings is 1. The Labute approximate surface area is 81.7 Å². The molecule has 4 heteroatoms. The minimum Gasteiger partial charge on any atom is -0.397 e. The van der Waals surface area contributed by atoms with Crippen molar-refractivity contribution < 1.29 is 4.74 Å². The Morgan fingerprint density at radius 2 is 2.54 bits per heavy atom. The molecule has 70 valence electrons. The van der Waals surface area contributed by atoms with Crippen LogP contribution < -0.4 is 5.73 Å². The molecule has 1 aliphatic heterocycles. The molecule has 1 atom stereocenters. The summed E-state index contributed by atoms with van der Waals surface area (Å²) in [5.41, 5.74) is 6.54. The van der Waals surface area contributed by atoms with Crippen LogP contribution in [0.5, 0.6) is 0 Å². The maximum atomic E-state index is 5.77. The number of anilines is 1. The Hall–Kier alpha value is -0.740. The third-order valence-electron chi connectivity index (χ3n) is 1.97. The topological polar surface area (TPSA) is 48.1 Å². The van der Waals surface area contributed by atoms with E-state index in [0.717, 1.165) is 30.3 Å². The van der Waals surface area contributed by atoms with E-state index < -0.39 is 0 Å². The molecule has 0 saturated carbocycles. The zero-order chi connectivity index (χ0) is 9.10. The molecule has 3 nitrogen and oxygen atoms in total. The number of hydrogen-bond acceptors (Lipinski definition) is 4. The van der Waals surface area contributed by atoms with Crippen LogP contribution in [0, 0.1) is 0 Å². The van der Waals surface area contributed by atoms with Gasteiger partial charge in [0.25, 0.3) is 0 Å². The lowest BCUT2D eigenvalue weighted by Crippen LogP contribution is -2.02. The summed E-state index contributed by atoms with van der Waals surface area (Å²) in [5.74, 6) is 0. The zero-order valence-corrected chi connectivity index (χ0v) is 8.09. The van der Waals surface area contributed by atoms with Gasteiger partial charge in [0.15, 0.2) is 0 Å². The number of nitrogen functional groups attached to an aromatic ring is 1. The van der Waals surface area contributed by atoms with E-state index in [2.05, 4.69) is 4.98 Å². The van der Waals surface area contributed by atoms with Crippen LogP contribution in [0.4, 0.5) is 5.69 Å². The molecule has 0 spiro atoms. The molecule has 2 heterocycles. The van der Waals surface area contributed by atoms with E-state index in [1.54, 1.807) is 18.0 Å². The quantitative estimate of drug-likeness (QED) is 0.779. The maximum absolute atomic E-state index is 5.77. The van der Waals surface area contributed by atoms with E-state index in [9.17, 15) is 0 Å². The number of thioether (sulfide) groups is 1. The molecule has 2 N–H and O–H groups in total. The van der Waals surface area contributed by atoms with Crippen molar-refractivity contribution >= 4 is 17.4 Å². The van der Waals surface area contributed by atoms with Gasteiger partial charge in [0.1, 0.15) is 5.03 Å². The first-order valence-electron chi connectivity index (χ1n) is 4.31. The third kappa shape index (κ3) is 2.14. The van der Waals surface area contributed by atoms with Crippen molar-refractivity contribution in [1.29, 1.82) is 0 Å². The largest absolute Gasteiger partial charge is 0.397 e. The van der Waals surface area contributed by atoms with Crippen molar-refractivity contribution in [3.8, 4) is 0 Å². The molecule has 13 heavy (non-hydrogen) atoms. The first-order chi connectivity index (χ1) is 6.36. The smallest absolute Gasteiger partial charge is 0.119 e. The van der Waals surface area contributed by atoms with Gasteiger partial charge in [-0.05, 0) is 18.6 Å². The third-order valence-corrected chi connectivity index (χ3v) is 3.24. The van der Waals surface area contributed by atoms with Crippen molar-refractivity contribution in [2.24, 2.45) is 0 Å². The van der Waals surface area contributed by atoms with Crippen LogP contribution in [-0.4, -0.2) is 23.4 Å². The number of nitrogens with two attached hydrogens (primary N) is 1. The van der Waals surface area contributed by atoms with Crippen molar-refractivity contribution in [2.75, 3.05) is 18.9 Å². The highest BCUT2D eigenvalue weighted by Gasteiger charge is 2.18. The minimum absolute atomic E-state index is 0.525. The first kappa shape index (κ1) is 8.84. The summed E-state index contributed by atoms with van der Waals surface area (Å²) in [5, 5.41) is 1.45. The van der Waals surface area contributed by atoms with Crippen LogP contribution in [0.15, 0.2) is 23.4 Å². The van der Waals surface area contributed by atoms with Crippen LogP contribution in [0.25, 0.3) is 0 Å². The summed E-state index contributed by atoms with van der Waals surface area (Å²) >= 11 is 1.72. The molecule has 1 aliphatic rings. The molecule has 1 unspecified atom stereocenters. The van der Waals surface area contributed by atoms with E-state index in [1.807, 2.05) is 12.1 Å². The van der Waals surface area contributed by atoms with E-state index in [-0.39, 0.29) is 0 Å². The van der Waals surface area contributed by atoms with Gasteiger partial charge >= 0.3 is 0 Å². The molecular formula is C9H12N2OS. The summed E-state index contributed by atoms with van der Waals surface area (Å²) in [6, 6.07) is 3.73. The van der Waals surface area contributed by atoms with Gasteiger partial charge < -0.3 is 10.5 Å². The lowest BCUT2D eigenvalue weighted by atomic mass is 10.4. The molecule has 0 bridgehead atoms. The number of ether oxygens (including phenoxy) is 1. The van der Waals surface area contributed by atoms with Crippen LogP contribution in [0.3, 0.4) is 0 Å². The standard InChI is InChI=1S/C9H12N2OS/c10-8-2-1-4-11-9(8)13-7-3-5-12-6-7/h1-2,4,7H,3,5-6,10H2. The van der Waals surface area contributed by atoms with Crippen LogP contribution in [0.1, 0.15) is 6.42 Å². The van der Waals surface area contributed by atoms with Crippen molar-refractivity contribution in [1.82, 2.24) is 4.98 Å². The van der Waals surface area contributed by atoms with E-state index in [0.29, 0.717) is 5.25 Å². The van der Waals surface area contributed by atoms with Gasteiger partial charge in [-0.2, -0.15) is 0 Å². The van der Waals surface area contributed by atoms with Gasteiger partial charge in [-0.15, -0.1) is 0 Å². The number of hydrogen-bond donors (Lipinski definition) is 1. The highest BCUT2D eigenvalue weighted by Crippen LogP contribution is 2.30. The molecular weight excluding hydrogens is 184 g/mol. The fourth-order valence-electron chi connectivity index (χ4n) is 1.27. The van der Waals surface area contributed by atoms with Crippen molar-refractivity contribution in [3.05, 3.63) is 18.3 Å². The molecule has 0 aromatic carbocycles. The molecule has 0 aliphatic carbocycles. The van der Waals surface area contributed by atoms with Crippen molar-refractivity contribution in [3.63, 3.8) is 0 Å². The Morgan fingerprint density at radius 3 is 3.23 bits per heavy atom. The SMILES string of the molecule is Nc1cccnc1SC1CCOC1. The van der Waals surface area contributed by atoms with Crippen LogP contribution >= 0.6 is 11.8 Å². The minimum atomic E-state index is 0.525. The van der Waals surface area contributed by atoms with Gasteiger partial charge in [-0.1, -0.05) is 11.8 Å². The summed E-state index contributed by atoms with van der Waals surface area (Å²) in [4.78, 5) is 4.22. The van der Waals surface area contributed by atoms with Crippen LogP contribution in [0.2, 0.25) is 0 Å². The predicted octanol–water partition coefficient (Wildman–Crippen LogP) is 1.54. The Morgan fingerprint density at radius 1 is 1.62 bits per heavy atom. The van der Waals surface area contributed by atoms with Crippen molar-refractivity contribution in [2.45, 2.75) is 16.7 Å². The fraction of sp³-hybridized carbons (Fsp3) is 0.444. The summed E-state index contributed by atoms with van der Waals surface area (Å²) < 4.78 is 5.28. The molecule has 0 radical (unpaired) electrons. The summed E-state index contributed by atoms with van der Waals surface area (Å²) in [6.45, 7) is 1.69. The number of aromatic nitrogens is 1. The molecule has 2 rings (SSSR count). The lowest BCUT2D eigenvalue weighted by molar-refractivity contribution is 0.199. The van der Waals surface area contributed by atoms with Gasteiger partial charge in [0, 0.05) is 18.1 Å². The van der Waals surface area contributed by atoms with Gasteiger partial charge in [0.05, 0.1) is 12.3 Å². The molecule has 1 fully saturated rings. The summed E-state index contributed by atoms with van der Waals surface area (Å²) in [6.07, 6.45) is 2.87. The predicted molar refractivity (Wildman–Crippen MR) is 53.7 cm³/mol. The average molecular weight is 196 g/mol. The van der Waals surface area contributed by atoms with Gasteiger partial charge in [-0.25, -0.2) is 4.98 Å². The molecule has 0 amide bonds. The molecule has 1 aromatic rings. The second-order valence-electron chi connectivity index (χ2n) is 3.00. The zero-order valence-electron chi connectivity index (χ0n) is 7.27. The van der Waals surface area contributed by atoms with E-state index in [4.69, 9.17) is 10.5 Å². The fourth-order valence-corrected chi connectivity index (χ4v) is 2.29. The van der Waals surface area contributed by atoms with Gasteiger partial charge in [-0.3, -0.25) is 0 Å².